The fraction of sp³-hybridized carbons (Fsp3) is 0.333. The molecule has 2 rings (SSSR count). The number of rotatable bonds is 8. The Bertz CT molecular complexity index is 626. The molecular formula is C18H23N3O4. The van der Waals surface area contributed by atoms with E-state index in [4.69, 9.17) is 9.84 Å². The second-order valence-electron chi connectivity index (χ2n) is 4.97. The average Bonchev–Trinajstić information content (AvgIpc) is 2.67. The zero-order chi connectivity index (χ0) is 18.5. The summed E-state index contributed by atoms with van der Waals surface area (Å²) in [7, 11) is 0. The Kier molecular flexibility index (Phi) is 9.47. The molecular weight excluding hydrogens is 322 g/mol. The average molecular weight is 345 g/mol. The molecule has 7 nitrogen and oxygen atoms in total. The van der Waals surface area contributed by atoms with E-state index in [-0.39, 0.29) is 5.75 Å². The second-order valence-corrected chi connectivity index (χ2v) is 4.97. The summed E-state index contributed by atoms with van der Waals surface area (Å²) in [4.78, 5) is 30.2. The number of carbonyl (C=O) groups is 2. The Balaban J connectivity index is 0.000000293. The van der Waals surface area contributed by atoms with Gasteiger partial charge in [0.25, 0.3) is 0 Å². The largest absolute Gasteiger partial charge is 0.506 e. The van der Waals surface area contributed by atoms with E-state index in [0.29, 0.717) is 30.0 Å². The molecule has 0 aliphatic carbocycles. The molecule has 2 aromatic heterocycles. The Morgan fingerprint density at radius 2 is 1.60 bits per heavy atom. The van der Waals surface area contributed by atoms with Crippen LogP contribution in [-0.2, 0) is 0 Å². The molecule has 0 aromatic carbocycles. The highest BCUT2D eigenvalue weighted by Gasteiger charge is 2.00. The van der Waals surface area contributed by atoms with Crippen molar-refractivity contribution in [3.05, 3.63) is 48.0 Å². The number of pyridine rings is 2. The van der Waals surface area contributed by atoms with Crippen molar-refractivity contribution in [3.63, 3.8) is 0 Å². The van der Waals surface area contributed by atoms with E-state index in [1.807, 2.05) is 0 Å². The lowest BCUT2D eigenvalue weighted by Gasteiger charge is -2.17. The molecule has 7 heteroatoms. The zero-order valence-electron chi connectivity index (χ0n) is 14.5. The van der Waals surface area contributed by atoms with Crippen LogP contribution >= 0.6 is 0 Å². The second kappa shape index (κ2) is 11.7. The lowest BCUT2D eigenvalue weighted by atomic mass is 10.4. The van der Waals surface area contributed by atoms with Gasteiger partial charge in [-0.1, -0.05) is 13.8 Å². The Morgan fingerprint density at radius 1 is 1.00 bits per heavy atom. The van der Waals surface area contributed by atoms with Gasteiger partial charge in [-0.2, -0.15) is 0 Å². The van der Waals surface area contributed by atoms with Crippen molar-refractivity contribution in [1.29, 1.82) is 0 Å². The third-order valence-electron chi connectivity index (χ3n) is 3.34. The SMILES string of the molecule is CCN(CC)CCOc1ccc(C=O)nc1.O=Cc1ccc(O)cn1. The molecule has 0 spiro atoms. The van der Waals surface area contributed by atoms with Gasteiger partial charge < -0.3 is 14.7 Å². The third-order valence-corrected chi connectivity index (χ3v) is 3.34. The molecule has 0 saturated heterocycles. The minimum Gasteiger partial charge on any atom is -0.506 e. The topological polar surface area (TPSA) is 92.6 Å². The van der Waals surface area contributed by atoms with Crippen LogP contribution in [0.15, 0.2) is 36.7 Å². The molecule has 1 N–H and O–H groups in total. The fourth-order valence-corrected chi connectivity index (χ4v) is 1.85. The van der Waals surface area contributed by atoms with Crippen molar-refractivity contribution < 1.29 is 19.4 Å². The smallest absolute Gasteiger partial charge is 0.168 e. The summed E-state index contributed by atoms with van der Waals surface area (Å²) in [6, 6.07) is 6.28. The van der Waals surface area contributed by atoms with Crippen LogP contribution in [-0.4, -0.2) is 58.8 Å². The van der Waals surface area contributed by atoms with Gasteiger partial charge in [0.05, 0.1) is 12.4 Å². The number of aldehydes is 2. The first-order chi connectivity index (χ1) is 12.1. The van der Waals surface area contributed by atoms with E-state index in [0.717, 1.165) is 25.9 Å². The van der Waals surface area contributed by atoms with Gasteiger partial charge in [-0.3, -0.25) is 9.59 Å². The van der Waals surface area contributed by atoms with Crippen molar-refractivity contribution in [2.24, 2.45) is 0 Å². The van der Waals surface area contributed by atoms with E-state index in [1.54, 1.807) is 18.3 Å². The molecule has 0 saturated carbocycles. The normalized spacial score (nSPS) is 9.88. The van der Waals surface area contributed by atoms with E-state index in [2.05, 4.69) is 28.7 Å². The van der Waals surface area contributed by atoms with E-state index in [9.17, 15) is 9.59 Å². The maximum atomic E-state index is 10.4. The van der Waals surface area contributed by atoms with E-state index >= 15 is 0 Å². The Hall–Kier alpha value is -2.80. The molecule has 0 aliphatic heterocycles. The van der Waals surface area contributed by atoms with Crippen LogP contribution in [0.4, 0.5) is 0 Å². The summed E-state index contributed by atoms with van der Waals surface area (Å²) in [5.74, 6) is 0.776. The van der Waals surface area contributed by atoms with Gasteiger partial charge in [-0.05, 0) is 37.4 Å². The number of hydrogen-bond donors (Lipinski definition) is 1. The summed E-state index contributed by atoms with van der Waals surface area (Å²) in [5.41, 5.74) is 0.754. The van der Waals surface area contributed by atoms with Gasteiger partial charge in [0.1, 0.15) is 29.5 Å². The zero-order valence-corrected chi connectivity index (χ0v) is 14.5. The molecule has 0 atom stereocenters. The van der Waals surface area contributed by atoms with E-state index < -0.39 is 0 Å². The molecule has 2 aromatic rings. The van der Waals surface area contributed by atoms with Gasteiger partial charge in [-0.15, -0.1) is 0 Å². The van der Waals surface area contributed by atoms with Crippen LogP contribution < -0.4 is 4.74 Å². The maximum Gasteiger partial charge on any atom is 0.168 e. The molecule has 25 heavy (non-hydrogen) atoms. The molecule has 0 aliphatic rings. The highest BCUT2D eigenvalue weighted by Crippen LogP contribution is 2.08. The molecule has 0 bridgehead atoms. The van der Waals surface area contributed by atoms with Gasteiger partial charge in [0.2, 0.25) is 0 Å². The standard InChI is InChI=1S/C12H18N2O2.C6H5NO2/c1-3-14(4-2)7-8-16-12-6-5-11(10-15)13-9-12;8-4-5-1-2-6(9)3-7-5/h5-6,9-10H,3-4,7-8H2,1-2H3;1-4,9H. The number of nitrogens with zero attached hydrogens (tertiary/aromatic N) is 3. The first-order valence-electron chi connectivity index (χ1n) is 7.99. The van der Waals surface area contributed by atoms with Crippen LogP contribution in [0.25, 0.3) is 0 Å². The Labute approximate surface area is 147 Å². The van der Waals surface area contributed by atoms with Crippen molar-refractivity contribution >= 4 is 12.6 Å². The number of aromatic nitrogens is 2. The Morgan fingerprint density at radius 3 is 2.04 bits per heavy atom. The number of aromatic hydroxyl groups is 1. The van der Waals surface area contributed by atoms with Crippen molar-refractivity contribution in [2.75, 3.05) is 26.2 Å². The van der Waals surface area contributed by atoms with Gasteiger partial charge >= 0.3 is 0 Å². The highest BCUT2D eigenvalue weighted by atomic mass is 16.5. The summed E-state index contributed by atoms with van der Waals surface area (Å²) in [6.07, 6.45) is 4.15. The van der Waals surface area contributed by atoms with Crippen LogP contribution in [0.2, 0.25) is 0 Å². The fourth-order valence-electron chi connectivity index (χ4n) is 1.85. The number of ether oxygens (including phenoxy) is 1. The maximum absolute atomic E-state index is 10.4. The third kappa shape index (κ3) is 8.03. The number of likely N-dealkylation sites (N-methyl/N-ethyl adjacent to an activating group) is 1. The van der Waals surface area contributed by atoms with Crippen molar-refractivity contribution in [2.45, 2.75) is 13.8 Å². The predicted molar refractivity (Wildman–Crippen MR) is 94.2 cm³/mol. The van der Waals surface area contributed by atoms with Crippen LogP contribution in [0, 0.1) is 0 Å². The number of hydrogen-bond acceptors (Lipinski definition) is 7. The molecule has 2 heterocycles. The minimum atomic E-state index is 0.0700. The summed E-state index contributed by atoms with van der Waals surface area (Å²) in [5, 5.41) is 8.67. The lowest BCUT2D eigenvalue weighted by molar-refractivity contribution is 0.111. The van der Waals surface area contributed by atoms with Gasteiger partial charge in [0.15, 0.2) is 12.6 Å². The molecule has 0 fully saturated rings. The van der Waals surface area contributed by atoms with Crippen LogP contribution in [0.1, 0.15) is 34.8 Å². The van der Waals surface area contributed by atoms with E-state index in [1.165, 1.54) is 18.3 Å². The van der Waals surface area contributed by atoms with Gasteiger partial charge in [0, 0.05) is 6.54 Å². The van der Waals surface area contributed by atoms with Crippen molar-refractivity contribution in [1.82, 2.24) is 14.9 Å². The lowest BCUT2D eigenvalue weighted by Crippen LogP contribution is -2.27. The number of carbonyl (C=O) groups excluding carboxylic acids is 2. The predicted octanol–water partition coefficient (Wildman–Crippen LogP) is 2.21. The molecule has 0 unspecified atom stereocenters. The van der Waals surface area contributed by atoms with Crippen LogP contribution in [0.3, 0.4) is 0 Å². The molecule has 134 valence electrons. The monoisotopic (exact) mass is 345 g/mol. The first-order valence-corrected chi connectivity index (χ1v) is 7.99. The highest BCUT2D eigenvalue weighted by molar-refractivity contribution is 5.71. The summed E-state index contributed by atoms with van der Waals surface area (Å²) < 4.78 is 5.52. The minimum absolute atomic E-state index is 0.0700. The summed E-state index contributed by atoms with van der Waals surface area (Å²) in [6.45, 7) is 7.87. The molecule has 0 amide bonds. The van der Waals surface area contributed by atoms with Gasteiger partial charge in [-0.25, -0.2) is 9.97 Å². The van der Waals surface area contributed by atoms with Crippen LogP contribution in [0.5, 0.6) is 11.5 Å². The summed E-state index contributed by atoms with van der Waals surface area (Å²) >= 11 is 0. The molecule has 0 radical (unpaired) electrons. The quantitative estimate of drug-likeness (QED) is 0.733. The van der Waals surface area contributed by atoms with Crippen molar-refractivity contribution in [3.8, 4) is 11.5 Å². The first kappa shape index (κ1) is 20.2.